The highest BCUT2D eigenvalue weighted by Crippen LogP contribution is 2.24. The van der Waals surface area contributed by atoms with E-state index in [-0.39, 0.29) is 5.91 Å². The number of nitrogens with one attached hydrogen (secondary N) is 1. The smallest absolute Gasteiger partial charge is 0.255 e. The molecule has 5 heteroatoms. The molecule has 0 aliphatic heterocycles. The van der Waals surface area contributed by atoms with Gasteiger partial charge in [-0.25, -0.2) is 9.67 Å². The normalized spacial score (nSPS) is 10.9. The van der Waals surface area contributed by atoms with E-state index < -0.39 is 0 Å². The summed E-state index contributed by atoms with van der Waals surface area (Å²) in [5.74, 6) is -0.172. The Morgan fingerprint density at radius 2 is 1.48 bits per heavy atom. The number of nitrogens with zero attached hydrogens (tertiary/aromatic N) is 3. The lowest BCUT2D eigenvalue weighted by atomic mass is 10.0. The molecule has 0 saturated carbocycles. The molecule has 3 aromatic carbocycles. The maximum absolute atomic E-state index is 12.7. The van der Waals surface area contributed by atoms with Gasteiger partial charge < -0.3 is 5.32 Å². The number of benzene rings is 3. The second-order valence-electron chi connectivity index (χ2n) is 7.33. The minimum atomic E-state index is -0.172. The molecule has 31 heavy (non-hydrogen) atoms. The molecule has 2 aromatic heterocycles. The third-order valence-electron chi connectivity index (χ3n) is 5.22. The van der Waals surface area contributed by atoms with Gasteiger partial charge in [-0.1, -0.05) is 60.7 Å². The Hall–Kier alpha value is -4.25. The minimum absolute atomic E-state index is 0.172. The fourth-order valence-electron chi connectivity index (χ4n) is 3.61. The first kappa shape index (κ1) is 18.8. The summed E-state index contributed by atoms with van der Waals surface area (Å²) in [6, 6.07) is 29.5. The lowest BCUT2D eigenvalue weighted by molar-refractivity contribution is 0.102. The van der Waals surface area contributed by atoms with Crippen LogP contribution in [0.2, 0.25) is 0 Å². The third-order valence-corrected chi connectivity index (χ3v) is 5.22. The van der Waals surface area contributed by atoms with Crippen LogP contribution in [0.1, 0.15) is 16.1 Å². The average molecular weight is 404 g/mol. The van der Waals surface area contributed by atoms with Gasteiger partial charge in [0.1, 0.15) is 0 Å². The number of fused-ring (bicyclic) bond motifs is 1. The summed E-state index contributed by atoms with van der Waals surface area (Å²) in [5.41, 5.74) is 5.99. The number of rotatable bonds is 4. The van der Waals surface area contributed by atoms with Crippen molar-refractivity contribution in [3.05, 3.63) is 108 Å². The molecular formula is C26H20N4O. The Balaban J connectivity index is 1.39. The van der Waals surface area contributed by atoms with Gasteiger partial charge in [-0.15, -0.1) is 0 Å². The zero-order valence-corrected chi connectivity index (χ0v) is 17.0. The molecule has 0 fully saturated rings. The molecule has 0 saturated heterocycles. The van der Waals surface area contributed by atoms with E-state index in [9.17, 15) is 4.79 Å². The second-order valence-corrected chi connectivity index (χ2v) is 7.33. The predicted octanol–water partition coefficient (Wildman–Crippen LogP) is 5.65. The Morgan fingerprint density at radius 3 is 2.19 bits per heavy atom. The Labute approximate surface area is 180 Å². The molecule has 1 N–H and O–H groups in total. The van der Waals surface area contributed by atoms with Crippen LogP contribution in [0.4, 0.5) is 5.69 Å². The van der Waals surface area contributed by atoms with E-state index in [1.54, 1.807) is 6.20 Å². The van der Waals surface area contributed by atoms with E-state index in [1.165, 1.54) is 0 Å². The van der Waals surface area contributed by atoms with Crippen LogP contribution in [0.25, 0.3) is 27.8 Å². The highest BCUT2D eigenvalue weighted by atomic mass is 16.1. The minimum Gasteiger partial charge on any atom is -0.321 e. The van der Waals surface area contributed by atoms with Crippen molar-refractivity contribution in [3.8, 4) is 16.8 Å². The molecule has 1 amide bonds. The molecule has 5 rings (SSSR count). The van der Waals surface area contributed by atoms with Crippen LogP contribution in [0, 0.1) is 6.92 Å². The van der Waals surface area contributed by atoms with Gasteiger partial charge in [-0.05, 0) is 48.4 Å². The second kappa shape index (κ2) is 7.88. The van der Waals surface area contributed by atoms with Crippen LogP contribution in [0.15, 0.2) is 97.2 Å². The van der Waals surface area contributed by atoms with Crippen LogP contribution in [-0.4, -0.2) is 20.7 Å². The SMILES string of the molecule is Cc1nn(-c2ccccc2)c2ncc(NC(=O)c3ccc(-c4ccccc4)cc3)cc12. The van der Waals surface area contributed by atoms with E-state index >= 15 is 0 Å². The van der Waals surface area contributed by atoms with Crippen LogP contribution in [-0.2, 0) is 0 Å². The first-order valence-corrected chi connectivity index (χ1v) is 10.1. The summed E-state index contributed by atoms with van der Waals surface area (Å²) in [6.45, 7) is 1.94. The number of carbonyl (C=O) groups is 1. The van der Waals surface area contributed by atoms with E-state index in [2.05, 4.69) is 15.4 Å². The van der Waals surface area contributed by atoms with Crippen molar-refractivity contribution in [3.63, 3.8) is 0 Å². The molecule has 0 unspecified atom stereocenters. The first-order chi connectivity index (χ1) is 15.2. The van der Waals surface area contributed by atoms with Crippen molar-refractivity contribution in [2.24, 2.45) is 0 Å². The van der Waals surface area contributed by atoms with Gasteiger partial charge in [0, 0.05) is 10.9 Å². The molecule has 0 radical (unpaired) electrons. The first-order valence-electron chi connectivity index (χ1n) is 10.1. The number of aromatic nitrogens is 3. The summed E-state index contributed by atoms with van der Waals surface area (Å²) < 4.78 is 1.82. The fourth-order valence-corrected chi connectivity index (χ4v) is 3.61. The topological polar surface area (TPSA) is 59.8 Å². The maximum atomic E-state index is 12.7. The fraction of sp³-hybridized carbons (Fsp3) is 0.0385. The zero-order valence-electron chi connectivity index (χ0n) is 17.0. The summed E-state index contributed by atoms with van der Waals surface area (Å²) in [7, 11) is 0. The van der Waals surface area contributed by atoms with Crippen molar-refractivity contribution >= 4 is 22.6 Å². The van der Waals surface area contributed by atoms with Gasteiger partial charge in [0.15, 0.2) is 5.65 Å². The molecule has 5 nitrogen and oxygen atoms in total. The Kier molecular flexibility index (Phi) is 4.77. The van der Waals surface area contributed by atoms with Crippen molar-refractivity contribution in [1.29, 1.82) is 0 Å². The van der Waals surface area contributed by atoms with Gasteiger partial charge >= 0.3 is 0 Å². The highest BCUT2D eigenvalue weighted by molar-refractivity contribution is 6.05. The van der Waals surface area contributed by atoms with Crippen LogP contribution in [0.3, 0.4) is 0 Å². The van der Waals surface area contributed by atoms with Crippen molar-refractivity contribution in [1.82, 2.24) is 14.8 Å². The predicted molar refractivity (Wildman–Crippen MR) is 123 cm³/mol. The van der Waals surface area contributed by atoms with Gasteiger partial charge in [0.05, 0.1) is 23.3 Å². The van der Waals surface area contributed by atoms with Crippen LogP contribution < -0.4 is 5.32 Å². The largest absolute Gasteiger partial charge is 0.321 e. The molecule has 0 spiro atoms. The third kappa shape index (κ3) is 3.69. The Morgan fingerprint density at radius 1 is 0.839 bits per heavy atom. The lowest BCUT2D eigenvalue weighted by Crippen LogP contribution is -2.12. The van der Waals surface area contributed by atoms with E-state index in [0.717, 1.165) is 33.5 Å². The molecule has 0 aliphatic rings. The van der Waals surface area contributed by atoms with E-state index in [0.29, 0.717) is 11.3 Å². The molecule has 0 bridgehead atoms. The molecular weight excluding hydrogens is 384 g/mol. The molecule has 0 aliphatic carbocycles. The van der Waals surface area contributed by atoms with Gasteiger partial charge in [-0.2, -0.15) is 5.10 Å². The standard InChI is InChI=1S/C26H20N4O/c1-18-24-16-22(17-27-25(24)30(29-18)23-10-6-3-7-11-23)28-26(31)21-14-12-20(13-15-21)19-8-4-2-5-9-19/h2-17H,1H3,(H,28,31). The molecule has 2 heterocycles. The summed E-state index contributed by atoms with van der Waals surface area (Å²) in [4.78, 5) is 17.3. The van der Waals surface area contributed by atoms with Crippen molar-refractivity contribution < 1.29 is 4.79 Å². The lowest BCUT2D eigenvalue weighted by Gasteiger charge is -2.07. The molecule has 5 aromatic rings. The van der Waals surface area contributed by atoms with Gasteiger partial charge in [0.25, 0.3) is 5.91 Å². The highest BCUT2D eigenvalue weighted by Gasteiger charge is 2.13. The number of anilines is 1. The van der Waals surface area contributed by atoms with Crippen molar-refractivity contribution in [2.45, 2.75) is 6.92 Å². The summed E-state index contributed by atoms with van der Waals surface area (Å²) in [5, 5.41) is 8.47. The quantitative estimate of drug-likeness (QED) is 0.421. The number of para-hydroxylation sites is 1. The summed E-state index contributed by atoms with van der Waals surface area (Å²) >= 11 is 0. The van der Waals surface area contributed by atoms with E-state index in [4.69, 9.17) is 0 Å². The molecule has 0 atom stereocenters. The number of carbonyl (C=O) groups excluding carboxylic acids is 1. The van der Waals surface area contributed by atoms with Crippen LogP contribution in [0.5, 0.6) is 0 Å². The monoisotopic (exact) mass is 404 g/mol. The van der Waals surface area contributed by atoms with Gasteiger partial charge in [0.2, 0.25) is 0 Å². The maximum Gasteiger partial charge on any atom is 0.255 e. The number of aryl methyl sites for hydroxylation is 1. The van der Waals surface area contributed by atoms with E-state index in [1.807, 2.05) is 103 Å². The Bertz CT molecular complexity index is 1360. The number of pyridine rings is 1. The summed E-state index contributed by atoms with van der Waals surface area (Å²) in [6.07, 6.45) is 1.67. The van der Waals surface area contributed by atoms with Crippen LogP contribution >= 0.6 is 0 Å². The number of amides is 1. The average Bonchev–Trinajstić information content (AvgIpc) is 3.16. The van der Waals surface area contributed by atoms with Crippen molar-refractivity contribution in [2.75, 3.05) is 5.32 Å². The zero-order chi connectivity index (χ0) is 21.2. The number of hydrogen-bond acceptors (Lipinski definition) is 3. The molecule has 150 valence electrons. The number of hydrogen-bond donors (Lipinski definition) is 1. The van der Waals surface area contributed by atoms with Gasteiger partial charge in [-0.3, -0.25) is 4.79 Å².